The quantitative estimate of drug-likeness (QED) is 0.887. The van der Waals surface area contributed by atoms with Crippen LogP contribution in [0.4, 0.5) is 11.4 Å². The number of carbonyl (C=O) groups excluding carboxylic acids is 1. The number of rotatable bonds is 3. The van der Waals surface area contributed by atoms with Gasteiger partial charge in [0.2, 0.25) is 0 Å². The zero-order chi connectivity index (χ0) is 13.8. The Bertz CT molecular complexity index is 597. The van der Waals surface area contributed by atoms with Crippen molar-refractivity contribution in [2.45, 2.75) is 0 Å². The van der Waals surface area contributed by atoms with Crippen molar-refractivity contribution < 1.29 is 4.79 Å². The first kappa shape index (κ1) is 13.7. The van der Waals surface area contributed by atoms with Gasteiger partial charge in [-0.2, -0.15) is 0 Å². The molecule has 0 bridgehead atoms. The van der Waals surface area contributed by atoms with Crippen molar-refractivity contribution in [3.8, 4) is 0 Å². The molecule has 0 saturated heterocycles. The summed E-state index contributed by atoms with van der Waals surface area (Å²) in [6.45, 7) is 0. The summed E-state index contributed by atoms with van der Waals surface area (Å²) < 4.78 is 0. The second kappa shape index (κ2) is 5.95. The smallest absolute Gasteiger partial charge is 0.255 e. The average molecular weight is 295 g/mol. The van der Waals surface area contributed by atoms with Crippen LogP contribution >= 0.6 is 23.2 Å². The minimum absolute atomic E-state index is 0.193. The SMILES string of the molecule is CNc1ccc(C(=O)Nc2ccc(Cl)c(Cl)c2)cc1. The molecule has 0 fully saturated rings. The molecular weight excluding hydrogens is 283 g/mol. The number of hydrogen-bond acceptors (Lipinski definition) is 2. The van der Waals surface area contributed by atoms with Crippen LogP contribution in [0, 0.1) is 0 Å². The zero-order valence-electron chi connectivity index (χ0n) is 10.2. The molecule has 0 spiro atoms. The maximum atomic E-state index is 12.0. The summed E-state index contributed by atoms with van der Waals surface area (Å²) >= 11 is 11.7. The maximum Gasteiger partial charge on any atom is 0.255 e. The van der Waals surface area contributed by atoms with E-state index in [2.05, 4.69) is 10.6 Å². The average Bonchev–Trinajstić information content (AvgIpc) is 2.43. The van der Waals surface area contributed by atoms with E-state index < -0.39 is 0 Å². The molecule has 0 saturated carbocycles. The van der Waals surface area contributed by atoms with Crippen molar-refractivity contribution in [1.82, 2.24) is 0 Å². The molecule has 0 aliphatic carbocycles. The van der Waals surface area contributed by atoms with Crippen LogP contribution in [0.2, 0.25) is 10.0 Å². The normalized spacial score (nSPS) is 10.1. The van der Waals surface area contributed by atoms with Crippen molar-refractivity contribution in [3.05, 3.63) is 58.1 Å². The van der Waals surface area contributed by atoms with Crippen molar-refractivity contribution in [3.63, 3.8) is 0 Å². The van der Waals surface area contributed by atoms with Gasteiger partial charge in [-0.3, -0.25) is 4.79 Å². The summed E-state index contributed by atoms with van der Waals surface area (Å²) in [7, 11) is 1.82. The van der Waals surface area contributed by atoms with Gasteiger partial charge in [0, 0.05) is 24.0 Å². The molecule has 0 heterocycles. The second-order valence-electron chi connectivity index (χ2n) is 3.91. The van der Waals surface area contributed by atoms with Gasteiger partial charge in [-0.1, -0.05) is 23.2 Å². The van der Waals surface area contributed by atoms with Gasteiger partial charge in [0.15, 0.2) is 0 Å². The van der Waals surface area contributed by atoms with Crippen LogP contribution < -0.4 is 10.6 Å². The molecule has 5 heteroatoms. The fourth-order valence-corrected chi connectivity index (χ4v) is 1.86. The van der Waals surface area contributed by atoms with E-state index in [1.54, 1.807) is 30.3 Å². The third kappa shape index (κ3) is 3.40. The van der Waals surface area contributed by atoms with Gasteiger partial charge < -0.3 is 10.6 Å². The zero-order valence-corrected chi connectivity index (χ0v) is 11.7. The lowest BCUT2D eigenvalue weighted by atomic mass is 10.2. The van der Waals surface area contributed by atoms with Crippen LogP contribution in [0.3, 0.4) is 0 Å². The highest BCUT2D eigenvalue weighted by molar-refractivity contribution is 6.42. The van der Waals surface area contributed by atoms with Crippen molar-refractivity contribution in [2.75, 3.05) is 17.7 Å². The number of anilines is 2. The lowest BCUT2D eigenvalue weighted by Gasteiger charge is -2.07. The molecule has 2 aromatic carbocycles. The number of hydrogen-bond donors (Lipinski definition) is 2. The Kier molecular flexibility index (Phi) is 4.30. The van der Waals surface area contributed by atoms with Crippen molar-refractivity contribution in [1.29, 1.82) is 0 Å². The second-order valence-corrected chi connectivity index (χ2v) is 4.72. The third-order valence-electron chi connectivity index (χ3n) is 2.61. The Morgan fingerprint density at radius 3 is 2.16 bits per heavy atom. The van der Waals surface area contributed by atoms with Crippen LogP contribution in [-0.2, 0) is 0 Å². The van der Waals surface area contributed by atoms with Gasteiger partial charge in [-0.15, -0.1) is 0 Å². The van der Waals surface area contributed by atoms with E-state index >= 15 is 0 Å². The molecule has 2 rings (SSSR count). The Labute approximate surface area is 121 Å². The van der Waals surface area contributed by atoms with E-state index in [9.17, 15) is 4.79 Å². The number of benzene rings is 2. The fourth-order valence-electron chi connectivity index (χ4n) is 1.57. The molecular formula is C14H12Cl2N2O. The third-order valence-corrected chi connectivity index (χ3v) is 3.35. The van der Waals surface area contributed by atoms with Gasteiger partial charge >= 0.3 is 0 Å². The summed E-state index contributed by atoms with van der Waals surface area (Å²) in [5.41, 5.74) is 2.13. The number of nitrogens with one attached hydrogen (secondary N) is 2. The van der Waals surface area contributed by atoms with E-state index in [4.69, 9.17) is 23.2 Å². The first-order valence-corrected chi connectivity index (χ1v) is 6.40. The molecule has 98 valence electrons. The van der Waals surface area contributed by atoms with Gasteiger partial charge in [-0.25, -0.2) is 0 Å². The monoisotopic (exact) mass is 294 g/mol. The van der Waals surface area contributed by atoms with E-state index in [0.29, 0.717) is 21.3 Å². The minimum atomic E-state index is -0.193. The fraction of sp³-hybridized carbons (Fsp3) is 0.0714. The molecule has 0 aromatic heterocycles. The minimum Gasteiger partial charge on any atom is -0.388 e. The van der Waals surface area contributed by atoms with E-state index in [1.807, 2.05) is 19.2 Å². The van der Waals surface area contributed by atoms with Crippen LogP contribution in [0.5, 0.6) is 0 Å². The molecule has 0 atom stereocenters. The van der Waals surface area contributed by atoms with Gasteiger partial charge in [0.05, 0.1) is 10.0 Å². The summed E-state index contributed by atoms with van der Waals surface area (Å²) in [6.07, 6.45) is 0. The van der Waals surface area contributed by atoms with Crippen LogP contribution in [0.15, 0.2) is 42.5 Å². The number of carbonyl (C=O) groups is 1. The van der Waals surface area contributed by atoms with Crippen LogP contribution in [0.1, 0.15) is 10.4 Å². The molecule has 0 aliphatic rings. The van der Waals surface area contributed by atoms with E-state index in [-0.39, 0.29) is 5.91 Å². The van der Waals surface area contributed by atoms with Crippen LogP contribution in [0.25, 0.3) is 0 Å². The molecule has 0 unspecified atom stereocenters. The Balaban J connectivity index is 2.13. The molecule has 1 amide bonds. The summed E-state index contributed by atoms with van der Waals surface area (Å²) in [5, 5.41) is 6.62. The molecule has 2 aromatic rings. The molecule has 19 heavy (non-hydrogen) atoms. The Morgan fingerprint density at radius 1 is 0.947 bits per heavy atom. The largest absolute Gasteiger partial charge is 0.388 e. The summed E-state index contributed by atoms with van der Waals surface area (Å²) in [4.78, 5) is 12.0. The van der Waals surface area contributed by atoms with Gasteiger partial charge in [-0.05, 0) is 42.5 Å². The predicted molar refractivity (Wildman–Crippen MR) is 80.4 cm³/mol. The first-order valence-electron chi connectivity index (χ1n) is 5.64. The highest BCUT2D eigenvalue weighted by Crippen LogP contribution is 2.25. The Hall–Kier alpha value is -1.71. The molecule has 0 radical (unpaired) electrons. The highest BCUT2D eigenvalue weighted by Gasteiger charge is 2.07. The Morgan fingerprint density at radius 2 is 1.58 bits per heavy atom. The van der Waals surface area contributed by atoms with E-state index in [1.165, 1.54) is 0 Å². The van der Waals surface area contributed by atoms with E-state index in [0.717, 1.165) is 5.69 Å². The summed E-state index contributed by atoms with van der Waals surface area (Å²) in [6, 6.07) is 12.1. The number of amides is 1. The molecule has 0 aliphatic heterocycles. The molecule has 2 N–H and O–H groups in total. The van der Waals surface area contributed by atoms with Crippen LogP contribution in [-0.4, -0.2) is 13.0 Å². The highest BCUT2D eigenvalue weighted by atomic mass is 35.5. The predicted octanol–water partition coefficient (Wildman–Crippen LogP) is 4.29. The van der Waals surface area contributed by atoms with Gasteiger partial charge in [0.1, 0.15) is 0 Å². The maximum absolute atomic E-state index is 12.0. The lowest BCUT2D eigenvalue weighted by Crippen LogP contribution is -2.11. The van der Waals surface area contributed by atoms with Crippen molar-refractivity contribution >= 4 is 40.5 Å². The lowest BCUT2D eigenvalue weighted by molar-refractivity contribution is 0.102. The summed E-state index contributed by atoms with van der Waals surface area (Å²) in [5.74, 6) is -0.193. The standard InChI is InChI=1S/C14H12Cl2N2O/c1-17-10-4-2-9(3-5-10)14(19)18-11-6-7-12(15)13(16)8-11/h2-8,17H,1H3,(H,18,19). The first-order chi connectivity index (χ1) is 9.10. The van der Waals surface area contributed by atoms with Crippen molar-refractivity contribution in [2.24, 2.45) is 0 Å². The molecule has 3 nitrogen and oxygen atoms in total. The van der Waals surface area contributed by atoms with Gasteiger partial charge in [0.25, 0.3) is 5.91 Å². The topological polar surface area (TPSA) is 41.1 Å². The number of halogens is 2.